The van der Waals surface area contributed by atoms with E-state index in [1.807, 2.05) is 4.90 Å². The lowest BCUT2D eigenvalue weighted by atomic mass is 10.1. The number of anilines is 1. The summed E-state index contributed by atoms with van der Waals surface area (Å²) in [5.41, 5.74) is 0.838. The predicted octanol–water partition coefficient (Wildman–Crippen LogP) is 0.300. The Bertz CT molecular complexity index is 475. The topological polar surface area (TPSA) is 55.8 Å². The summed E-state index contributed by atoms with van der Waals surface area (Å²) in [5, 5.41) is 12.0. The number of carbonyl (C=O) groups excluding carboxylic acids is 1. The fraction of sp³-hybridized carbons (Fsp3) is 0.500. The molecule has 1 aliphatic heterocycles. The molecule has 1 heterocycles. The zero-order chi connectivity index (χ0) is 14.5. The third-order valence-corrected chi connectivity index (χ3v) is 3.43. The molecule has 2 N–H and O–H groups in total. The Hall–Kier alpha value is -1.66. The van der Waals surface area contributed by atoms with E-state index in [1.165, 1.54) is 11.0 Å². The van der Waals surface area contributed by atoms with Gasteiger partial charge in [0.15, 0.2) is 0 Å². The van der Waals surface area contributed by atoms with Gasteiger partial charge in [-0.25, -0.2) is 4.39 Å². The molecule has 1 fully saturated rings. The maximum atomic E-state index is 14.2. The molecule has 1 aromatic carbocycles. The highest BCUT2D eigenvalue weighted by molar-refractivity contribution is 5.94. The summed E-state index contributed by atoms with van der Waals surface area (Å²) in [6.45, 7) is 3.31. The fourth-order valence-electron chi connectivity index (χ4n) is 2.27. The van der Waals surface area contributed by atoms with Crippen molar-refractivity contribution in [1.82, 2.24) is 10.2 Å². The van der Waals surface area contributed by atoms with Crippen molar-refractivity contribution in [2.24, 2.45) is 0 Å². The van der Waals surface area contributed by atoms with Crippen LogP contribution < -0.4 is 10.2 Å². The SMILES string of the molecule is CN(CCO)C(=O)c1ccc(N2CCNCC2)c(F)c1. The van der Waals surface area contributed by atoms with Crippen LogP contribution in [0.4, 0.5) is 10.1 Å². The van der Waals surface area contributed by atoms with E-state index in [-0.39, 0.29) is 24.9 Å². The lowest BCUT2D eigenvalue weighted by molar-refractivity contribution is 0.0766. The number of likely N-dealkylation sites (N-methyl/N-ethyl adjacent to an activating group) is 1. The van der Waals surface area contributed by atoms with Gasteiger partial charge in [-0.15, -0.1) is 0 Å². The van der Waals surface area contributed by atoms with Crippen LogP contribution in [0.25, 0.3) is 0 Å². The second-order valence-electron chi connectivity index (χ2n) is 4.85. The average Bonchev–Trinajstić information content (AvgIpc) is 2.47. The van der Waals surface area contributed by atoms with Gasteiger partial charge in [0.2, 0.25) is 0 Å². The molecule has 20 heavy (non-hydrogen) atoms. The Kier molecular flexibility index (Phi) is 4.92. The number of amides is 1. The summed E-state index contributed by atoms with van der Waals surface area (Å²) < 4.78 is 14.2. The highest BCUT2D eigenvalue weighted by Gasteiger charge is 2.17. The number of hydrogen-bond acceptors (Lipinski definition) is 4. The number of aliphatic hydroxyl groups excluding tert-OH is 1. The quantitative estimate of drug-likeness (QED) is 0.833. The van der Waals surface area contributed by atoms with Gasteiger partial charge in [0, 0.05) is 45.3 Å². The van der Waals surface area contributed by atoms with Gasteiger partial charge in [-0.3, -0.25) is 4.79 Å². The minimum absolute atomic E-state index is 0.108. The normalized spacial score (nSPS) is 15.2. The van der Waals surface area contributed by atoms with Crippen LogP contribution in [-0.2, 0) is 0 Å². The zero-order valence-corrected chi connectivity index (χ0v) is 11.6. The maximum Gasteiger partial charge on any atom is 0.253 e. The number of halogens is 1. The standard InChI is InChI=1S/C14H20FN3O2/c1-17(8-9-19)14(20)11-2-3-13(12(15)10-11)18-6-4-16-5-7-18/h2-3,10,16,19H,4-9H2,1H3. The first-order valence-electron chi connectivity index (χ1n) is 6.75. The summed E-state index contributed by atoms with van der Waals surface area (Å²) in [6.07, 6.45) is 0. The van der Waals surface area contributed by atoms with E-state index in [0.29, 0.717) is 11.3 Å². The number of nitrogens with zero attached hydrogens (tertiary/aromatic N) is 2. The van der Waals surface area contributed by atoms with E-state index in [2.05, 4.69) is 5.32 Å². The lowest BCUT2D eigenvalue weighted by Gasteiger charge is -2.29. The Morgan fingerprint density at radius 2 is 2.15 bits per heavy atom. The van der Waals surface area contributed by atoms with Gasteiger partial charge in [0.25, 0.3) is 5.91 Å². The predicted molar refractivity (Wildman–Crippen MR) is 75.5 cm³/mol. The number of rotatable bonds is 4. The molecule has 110 valence electrons. The number of piperazine rings is 1. The number of nitrogens with one attached hydrogen (secondary N) is 1. The minimum Gasteiger partial charge on any atom is -0.395 e. The van der Waals surface area contributed by atoms with Crippen molar-refractivity contribution in [3.63, 3.8) is 0 Å². The van der Waals surface area contributed by atoms with Crippen LogP contribution in [0.15, 0.2) is 18.2 Å². The van der Waals surface area contributed by atoms with Gasteiger partial charge in [-0.05, 0) is 18.2 Å². The highest BCUT2D eigenvalue weighted by atomic mass is 19.1. The lowest BCUT2D eigenvalue weighted by Crippen LogP contribution is -2.43. The van der Waals surface area contributed by atoms with Crippen molar-refractivity contribution in [3.05, 3.63) is 29.6 Å². The molecule has 0 unspecified atom stereocenters. The first-order chi connectivity index (χ1) is 9.63. The number of benzene rings is 1. The number of carbonyl (C=O) groups is 1. The second kappa shape index (κ2) is 6.67. The molecule has 2 rings (SSSR count). The van der Waals surface area contributed by atoms with E-state index in [4.69, 9.17) is 5.11 Å². The maximum absolute atomic E-state index is 14.2. The molecule has 0 aliphatic carbocycles. The van der Waals surface area contributed by atoms with Gasteiger partial charge in [-0.2, -0.15) is 0 Å². The highest BCUT2D eigenvalue weighted by Crippen LogP contribution is 2.21. The summed E-state index contributed by atoms with van der Waals surface area (Å²) in [4.78, 5) is 15.3. The van der Waals surface area contributed by atoms with Crippen molar-refractivity contribution in [3.8, 4) is 0 Å². The fourth-order valence-corrected chi connectivity index (χ4v) is 2.27. The van der Waals surface area contributed by atoms with Crippen molar-refractivity contribution >= 4 is 11.6 Å². The first kappa shape index (κ1) is 14.7. The van der Waals surface area contributed by atoms with E-state index < -0.39 is 0 Å². The van der Waals surface area contributed by atoms with Crippen LogP contribution in [0.2, 0.25) is 0 Å². The molecular formula is C14H20FN3O2. The van der Waals surface area contributed by atoms with Crippen LogP contribution >= 0.6 is 0 Å². The third kappa shape index (κ3) is 3.26. The molecule has 1 aromatic rings. The molecule has 0 atom stereocenters. The molecule has 0 aromatic heterocycles. The molecule has 5 nitrogen and oxygen atoms in total. The first-order valence-corrected chi connectivity index (χ1v) is 6.75. The molecule has 1 aliphatic rings. The minimum atomic E-state index is -0.379. The zero-order valence-electron chi connectivity index (χ0n) is 11.6. The molecule has 0 spiro atoms. The Morgan fingerprint density at radius 3 is 2.75 bits per heavy atom. The van der Waals surface area contributed by atoms with Gasteiger partial charge < -0.3 is 20.2 Å². The van der Waals surface area contributed by atoms with Crippen LogP contribution in [0.1, 0.15) is 10.4 Å². The Morgan fingerprint density at radius 1 is 1.45 bits per heavy atom. The Balaban J connectivity index is 2.14. The number of aliphatic hydroxyl groups is 1. The second-order valence-corrected chi connectivity index (χ2v) is 4.85. The molecule has 0 radical (unpaired) electrons. The summed E-state index contributed by atoms with van der Waals surface area (Å²) in [6, 6.07) is 4.56. The summed E-state index contributed by atoms with van der Waals surface area (Å²) in [5.74, 6) is -0.667. The van der Waals surface area contributed by atoms with Gasteiger partial charge >= 0.3 is 0 Å². The van der Waals surface area contributed by atoms with Crippen LogP contribution in [0.5, 0.6) is 0 Å². The van der Waals surface area contributed by atoms with E-state index in [9.17, 15) is 9.18 Å². The number of hydrogen-bond donors (Lipinski definition) is 2. The largest absolute Gasteiger partial charge is 0.395 e. The monoisotopic (exact) mass is 281 g/mol. The molecule has 1 saturated heterocycles. The van der Waals surface area contributed by atoms with E-state index in [1.54, 1.807) is 19.2 Å². The smallest absolute Gasteiger partial charge is 0.253 e. The van der Waals surface area contributed by atoms with Gasteiger partial charge in [0.05, 0.1) is 12.3 Å². The summed E-state index contributed by atoms with van der Waals surface area (Å²) in [7, 11) is 1.58. The molecular weight excluding hydrogens is 261 g/mol. The van der Waals surface area contributed by atoms with Crippen molar-refractivity contribution in [2.75, 3.05) is 51.3 Å². The van der Waals surface area contributed by atoms with E-state index >= 15 is 0 Å². The third-order valence-electron chi connectivity index (χ3n) is 3.43. The molecule has 6 heteroatoms. The van der Waals surface area contributed by atoms with Gasteiger partial charge in [0.1, 0.15) is 5.82 Å². The van der Waals surface area contributed by atoms with Crippen LogP contribution in [0.3, 0.4) is 0 Å². The van der Waals surface area contributed by atoms with E-state index in [0.717, 1.165) is 26.2 Å². The molecule has 0 saturated carbocycles. The van der Waals surface area contributed by atoms with Gasteiger partial charge in [-0.1, -0.05) is 0 Å². The average molecular weight is 281 g/mol. The molecule has 0 bridgehead atoms. The van der Waals surface area contributed by atoms with Crippen molar-refractivity contribution < 1.29 is 14.3 Å². The van der Waals surface area contributed by atoms with Crippen molar-refractivity contribution in [2.45, 2.75) is 0 Å². The Labute approximate surface area is 118 Å². The van der Waals surface area contributed by atoms with Crippen LogP contribution in [0, 0.1) is 5.82 Å². The van der Waals surface area contributed by atoms with Crippen LogP contribution in [-0.4, -0.2) is 62.3 Å². The summed E-state index contributed by atoms with van der Waals surface area (Å²) >= 11 is 0. The van der Waals surface area contributed by atoms with Crippen molar-refractivity contribution in [1.29, 1.82) is 0 Å². The molecule has 1 amide bonds.